The maximum atomic E-state index is 10.9. The fraction of sp³-hybridized carbons (Fsp3) is 0.700. The number of aliphatic hydroxyl groups is 1. The Balaban J connectivity index is 2.61. The summed E-state index contributed by atoms with van der Waals surface area (Å²) in [6.07, 6.45) is 2.52. The molecule has 17 heavy (non-hydrogen) atoms. The van der Waals surface area contributed by atoms with Crippen LogP contribution >= 0.6 is 0 Å². The molecule has 7 heteroatoms. The molecule has 2 N–H and O–H groups in total. The number of unbranched alkanes of at least 4 members (excludes halogenated alkanes) is 2. The van der Waals surface area contributed by atoms with Crippen molar-refractivity contribution in [3.8, 4) is 0 Å². The maximum Gasteiger partial charge on any atom is 0.333 e. The van der Waals surface area contributed by atoms with Crippen LogP contribution in [0.4, 0.5) is 11.5 Å². The Kier molecular flexibility index (Phi) is 4.89. The third-order valence-electron chi connectivity index (χ3n) is 2.50. The van der Waals surface area contributed by atoms with Crippen LogP contribution in [0.2, 0.25) is 0 Å². The van der Waals surface area contributed by atoms with Gasteiger partial charge in [-0.2, -0.15) is 5.10 Å². The van der Waals surface area contributed by atoms with Gasteiger partial charge in [0.15, 0.2) is 0 Å². The summed E-state index contributed by atoms with van der Waals surface area (Å²) in [4.78, 5) is 10.5. The van der Waals surface area contributed by atoms with Crippen LogP contribution in [0.3, 0.4) is 0 Å². The maximum absolute atomic E-state index is 10.9. The summed E-state index contributed by atoms with van der Waals surface area (Å²) in [7, 11) is 1.68. The molecule has 1 aromatic rings. The van der Waals surface area contributed by atoms with Gasteiger partial charge in [-0.25, -0.2) is 4.68 Å². The van der Waals surface area contributed by atoms with Crippen LogP contribution in [-0.4, -0.2) is 33.0 Å². The Morgan fingerprint density at radius 3 is 2.76 bits per heavy atom. The topological polar surface area (TPSA) is 93.2 Å². The molecule has 0 saturated heterocycles. The van der Waals surface area contributed by atoms with Crippen LogP contribution in [0.1, 0.15) is 25.0 Å². The molecule has 0 saturated carbocycles. The third-order valence-corrected chi connectivity index (χ3v) is 2.50. The summed E-state index contributed by atoms with van der Waals surface area (Å²) in [6.45, 7) is 2.44. The predicted octanol–water partition coefficient (Wildman–Crippen LogP) is 1.21. The van der Waals surface area contributed by atoms with E-state index >= 15 is 0 Å². The standard InChI is InChI=1S/C10H18N4O3/c1-8-9(14(16)17)10(13(2)12-8)11-6-4-3-5-7-15/h11,15H,3-7H2,1-2H3. The average molecular weight is 242 g/mol. The molecule has 0 aromatic carbocycles. The number of nitrogens with one attached hydrogen (secondary N) is 1. The molecule has 0 atom stereocenters. The van der Waals surface area contributed by atoms with E-state index in [1.54, 1.807) is 14.0 Å². The average Bonchev–Trinajstić information content (AvgIpc) is 2.53. The van der Waals surface area contributed by atoms with Crippen LogP contribution in [0.15, 0.2) is 0 Å². The summed E-state index contributed by atoms with van der Waals surface area (Å²) >= 11 is 0. The molecule has 0 spiro atoms. The highest BCUT2D eigenvalue weighted by Gasteiger charge is 2.23. The van der Waals surface area contributed by atoms with E-state index in [-0.39, 0.29) is 12.3 Å². The van der Waals surface area contributed by atoms with Crippen molar-refractivity contribution >= 4 is 11.5 Å². The molecule has 1 rings (SSSR count). The second kappa shape index (κ2) is 6.19. The van der Waals surface area contributed by atoms with Crippen molar-refractivity contribution in [2.24, 2.45) is 7.05 Å². The minimum atomic E-state index is -0.418. The summed E-state index contributed by atoms with van der Waals surface area (Å²) in [5.74, 6) is 0.441. The molecule has 0 aliphatic carbocycles. The normalized spacial score (nSPS) is 10.5. The number of hydrogen-bond donors (Lipinski definition) is 2. The first-order chi connectivity index (χ1) is 8.07. The Morgan fingerprint density at radius 1 is 1.47 bits per heavy atom. The fourth-order valence-corrected chi connectivity index (χ4v) is 1.68. The Morgan fingerprint density at radius 2 is 2.18 bits per heavy atom. The van der Waals surface area contributed by atoms with Gasteiger partial charge in [-0.15, -0.1) is 0 Å². The van der Waals surface area contributed by atoms with Gasteiger partial charge in [-0.3, -0.25) is 10.1 Å². The predicted molar refractivity (Wildman–Crippen MR) is 64.0 cm³/mol. The first kappa shape index (κ1) is 13.4. The van der Waals surface area contributed by atoms with Gasteiger partial charge >= 0.3 is 5.69 Å². The molecular formula is C10H18N4O3. The Hall–Kier alpha value is -1.63. The molecule has 96 valence electrons. The summed E-state index contributed by atoms with van der Waals surface area (Å²) < 4.78 is 1.49. The van der Waals surface area contributed by atoms with E-state index in [0.717, 1.165) is 19.3 Å². The van der Waals surface area contributed by atoms with E-state index in [0.29, 0.717) is 18.1 Å². The van der Waals surface area contributed by atoms with Gasteiger partial charge in [0.05, 0.1) is 4.92 Å². The van der Waals surface area contributed by atoms with Gasteiger partial charge in [-0.05, 0) is 26.2 Å². The van der Waals surface area contributed by atoms with Crippen LogP contribution in [0, 0.1) is 17.0 Å². The molecule has 0 fully saturated rings. The van der Waals surface area contributed by atoms with Gasteiger partial charge in [0.1, 0.15) is 5.69 Å². The lowest BCUT2D eigenvalue weighted by Crippen LogP contribution is -2.08. The van der Waals surface area contributed by atoms with E-state index in [1.165, 1.54) is 4.68 Å². The van der Waals surface area contributed by atoms with Gasteiger partial charge < -0.3 is 10.4 Å². The highest BCUT2D eigenvalue weighted by Crippen LogP contribution is 2.27. The van der Waals surface area contributed by atoms with Crippen molar-refractivity contribution in [1.29, 1.82) is 0 Å². The van der Waals surface area contributed by atoms with Crippen molar-refractivity contribution < 1.29 is 10.0 Å². The zero-order valence-corrected chi connectivity index (χ0v) is 10.1. The van der Waals surface area contributed by atoms with Crippen molar-refractivity contribution in [2.45, 2.75) is 26.2 Å². The molecule has 0 radical (unpaired) electrons. The number of aromatic nitrogens is 2. The van der Waals surface area contributed by atoms with Crippen molar-refractivity contribution in [3.05, 3.63) is 15.8 Å². The lowest BCUT2D eigenvalue weighted by molar-refractivity contribution is -0.384. The Labute approximate surface area is 99.6 Å². The Bertz CT molecular complexity index is 389. The van der Waals surface area contributed by atoms with E-state index in [4.69, 9.17) is 5.11 Å². The van der Waals surface area contributed by atoms with Gasteiger partial charge in [0.2, 0.25) is 5.82 Å². The van der Waals surface area contributed by atoms with Crippen molar-refractivity contribution in [2.75, 3.05) is 18.5 Å². The third kappa shape index (κ3) is 3.42. The molecule has 1 heterocycles. The monoisotopic (exact) mass is 242 g/mol. The molecule has 0 amide bonds. The van der Waals surface area contributed by atoms with Gasteiger partial charge in [-0.1, -0.05) is 0 Å². The van der Waals surface area contributed by atoms with Crippen molar-refractivity contribution in [3.63, 3.8) is 0 Å². The van der Waals surface area contributed by atoms with Gasteiger partial charge in [0.25, 0.3) is 0 Å². The lowest BCUT2D eigenvalue weighted by Gasteiger charge is -2.05. The SMILES string of the molecule is Cc1nn(C)c(NCCCCCO)c1[N+](=O)[O-]. The number of anilines is 1. The zero-order chi connectivity index (χ0) is 12.8. The number of aliphatic hydroxyl groups excluding tert-OH is 1. The molecule has 0 bridgehead atoms. The van der Waals surface area contributed by atoms with Crippen LogP contribution in [-0.2, 0) is 7.05 Å². The molecule has 0 unspecified atom stereocenters. The second-order valence-electron chi connectivity index (χ2n) is 3.87. The van der Waals surface area contributed by atoms with Crippen LogP contribution in [0.5, 0.6) is 0 Å². The largest absolute Gasteiger partial charge is 0.396 e. The number of nitrogens with zero attached hydrogens (tertiary/aromatic N) is 3. The summed E-state index contributed by atoms with van der Waals surface area (Å²) in [6, 6.07) is 0. The minimum absolute atomic E-state index is 0.0367. The smallest absolute Gasteiger partial charge is 0.333 e. The van der Waals surface area contributed by atoms with Crippen LogP contribution < -0.4 is 5.32 Å². The quantitative estimate of drug-likeness (QED) is 0.426. The molecule has 0 aliphatic heterocycles. The van der Waals surface area contributed by atoms with Gasteiger partial charge in [0, 0.05) is 20.2 Å². The second-order valence-corrected chi connectivity index (χ2v) is 3.87. The number of aryl methyl sites for hydroxylation is 2. The fourth-order valence-electron chi connectivity index (χ4n) is 1.68. The summed E-state index contributed by atoms with van der Waals surface area (Å²) in [5.41, 5.74) is 0.449. The number of rotatable bonds is 7. The number of hydrogen-bond acceptors (Lipinski definition) is 5. The highest BCUT2D eigenvalue weighted by molar-refractivity contribution is 5.59. The van der Waals surface area contributed by atoms with E-state index in [9.17, 15) is 10.1 Å². The molecule has 1 aromatic heterocycles. The van der Waals surface area contributed by atoms with Crippen LogP contribution in [0.25, 0.3) is 0 Å². The van der Waals surface area contributed by atoms with E-state index < -0.39 is 4.92 Å². The first-order valence-corrected chi connectivity index (χ1v) is 5.60. The van der Waals surface area contributed by atoms with Crippen molar-refractivity contribution in [1.82, 2.24) is 9.78 Å². The highest BCUT2D eigenvalue weighted by atomic mass is 16.6. The lowest BCUT2D eigenvalue weighted by atomic mass is 10.2. The summed E-state index contributed by atoms with van der Waals surface area (Å²) in [5, 5.41) is 26.5. The number of nitro groups is 1. The first-order valence-electron chi connectivity index (χ1n) is 5.60. The minimum Gasteiger partial charge on any atom is -0.396 e. The zero-order valence-electron chi connectivity index (χ0n) is 10.1. The van der Waals surface area contributed by atoms with E-state index in [1.807, 2.05) is 0 Å². The van der Waals surface area contributed by atoms with E-state index in [2.05, 4.69) is 10.4 Å². The molecule has 7 nitrogen and oxygen atoms in total. The molecule has 0 aliphatic rings. The molecular weight excluding hydrogens is 224 g/mol.